The van der Waals surface area contributed by atoms with E-state index >= 15 is 0 Å². The lowest BCUT2D eigenvalue weighted by molar-refractivity contribution is 0.102. The van der Waals surface area contributed by atoms with Gasteiger partial charge in [0.05, 0.1) is 14.2 Å². The molecule has 174 valence electrons. The Morgan fingerprint density at radius 2 is 1.59 bits per heavy atom. The fraction of sp³-hybridized carbons (Fsp3) is 0.0833. The van der Waals surface area contributed by atoms with E-state index in [9.17, 15) is 18.0 Å². The summed E-state index contributed by atoms with van der Waals surface area (Å²) in [6.07, 6.45) is 0. The normalized spacial score (nSPS) is 11.1. The monoisotopic (exact) mass is 480 g/mol. The standard InChI is InChI=1S/C24H20N2O7S/c1-31-18-10-7-16(8-11-18)26-34(29,30)22-14-17(9-12-21(22)32-2)25-23(27)19-13-15-5-3-4-6-20(15)33-24(19)28/h3-14,26H,1-2H3,(H,25,27). The minimum Gasteiger partial charge on any atom is -0.497 e. The molecule has 1 heterocycles. The Morgan fingerprint density at radius 3 is 2.29 bits per heavy atom. The SMILES string of the molecule is COc1ccc(NS(=O)(=O)c2cc(NC(=O)c3cc4ccccc4oc3=O)ccc2OC)cc1. The van der Waals surface area contributed by atoms with Crippen LogP contribution >= 0.6 is 0 Å². The maximum Gasteiger partial charge on any atom is 0.349 e. The molecule has 9 nitrogen and oxygen atoms in total. The Balaban J connectivity index is 1.63. The van der Waals surface area contributed by atoms with Crippen molar-refractivity contribution < 1.29 is 27.1 Å². The lowest BCUT2D eigenvalue weighted by Gasteiger charge is -2.14. The third kappa shape index (κ3) is 4.71. The number of nitrogens with one attached hydrogen (secondary N) is 2. The molecule has 0 aliphatic heterocycles. The van der Waals surface area contributed by atoms with Gasteiger partial charge in [0.2, 0.25) is 0 Å². The molecule has 3 aromatic carbocycles. The second kappa shape index (κ2) is 9.28. The molecule has 0 radical (unpaired) electrons. The van der Waals surface area contributed by atoms with E-state index in [2.05, 4.69) is 10.0 Å². The van der Waals surface area contributed by atoms with Gasteiger partial charge in [0, 0.05) is 16.8 Å². The average Bonchev–Trinajstić information content (AvgIpc) is 2.83. The predicted molar refractivity (Wildman–Crippen MR) is 127 cm³/mol. The van der Waals surface area contributed by atoms with E-state index in [1.54, 1.807) is 48.5 Å². The lowest BCUT2D eigenvalue weighted by Crippen LogP contribution is -2.21. The first-order valence-electron chi connectivity index (χ1n) is 10.00. The number of ether oxygens (including phenoxy) is 2. The van der Waals surface area contributed by atoms with Crippen LogP contribution in [0.4, 0.5) is 11.4 Å². The summed E-state index contributed by atoms with van der Waals surface area (Å²) in [7, 11) is -1.24. The number of carbonyl (C=O) groups is 1. The van der Waals surface area contributed by atoms with Gasteiger partial charge in [-0.2, -0.15) is 0 Å². The number of hydrogen-bond donors (Lipinski definition) is 2. The lowest BCUT2D eigenvalue weighted by atomic mass is 10.1. The zero-order valence-electron chi connectivity index (χ0n) is 18.2. The molecule has 1 aromatic heterocycles. The topological polar surface area (TPSA) is 124 Å². The molecule has 1 amide bonds. The molecule has 0 atom stereocenters. The van der Waals surface area contributed by atoms with Crippen molar-refractivity contribution in [3.05, 3.63) is 88.8 Å². The van der Waals surface area contributed by atoms with Gasteiger partial charge in [-0.25, -0.2) is 13.2 Å². The van der Waals surface area contributed by atoms with Crippen LogP contribution in [0.2, 0.25) is 0 Å². The second-order valence-electron chi connectivity index (χ2n) is 7.14. The second-order valence-corrected chi connectivity index (χ2v) is 8.79. The van der Waals surface area contributed by atoms with Crippen molar-refractivity contribution in [1.29, 1.82) is 0 Å². The highest BCUT2D eigenvalue weighted by Gasteiger charge is 2.22. The first kappa shape index (κ1) is 22.9. The summed E-state index contributed by atoms with van der Waals surface area (Å²) in [5.41, 5.74) is -0.208. The summed E-state index contributed by atoms with van der Waals surface area (Å²) < 4.78 is 44.0. The molecule has 2 N–H and O–H groups in total. The number of rotatable bonds is 7. The largest absolute Gasteiger partial charge is 0.497 e. The number of benzene rings is 3. The molecule has 0 aliphatic carbocycles. The van der Waals surface area contributed by atoms with E-state index < -0.39 is 21.6 Å². The molecule has 0 fully saturated rings. The van der Waals surface area contributed by atoms with Crippen LogP contribution in [0.25, 0.3) is 11.0 Å². The third-order valence-electron chi connectivity index (χ3n) is 4.94. The number of hydrogen-bond acceptors (Lipinski definition) is 7. The van der Waals surface area contributed by atoms with E-state index in [0.29, 0.717) is 22.4 Å². The molecule has 34 heavy (non-hydrogen) atoms. The predicted octanol–water partition coefficient (Wildman–Crippen LogP) is 3.86. The highest BCUT2D eigenvalue weighted by Crippen LogP contribution is 2.29. The van der Waals surface area contributed by atoms with Gasteiger partial charge in [-0.1, -0.05) is 18.2 Å². The van der Waals surface area contributed by atoms with Crippen LogP contribution in [0.15, 0.2) is 86.9 Å². The van der Waals surface area contributed by atoms with Crippen LogP contribution in [-0.4, -0.2) is 28.5 Å². The Hall–Kier alpha value is -4.31. The van der Waals surface area contributed by atoms with E-state index in [-0.39, 0.29) is 21.9 Å². The van der Waals surface area contributed by atoms with Gasteiger partial charge in [-0.3, -0.25) is 9.52 Å². The van der Waals surface area contributed by atoms with Crippen LogP contribution < -0.4 is 25.1 Å². The van der Waals surface area contributed by atoms with Gasteiger partial charge >= 0.3 is 5.63 Å². The van der Waals surface area contributed by atoms with Gasteiger partial charge in [-0.05, 0) is 54.6 Å². The van der Waals surface area contributed by atoms with Crippen molar-refractivity contribution in [1.82, 2.24) is 0 Å². The first-order valence-corrected chi connectivity index (χ1v) is 11.5. The number of fused-ring (bicyclic) bond motifs is 1. The number of para-hydroxylation sites is 1. The molecule has 0 saturated heterocycles. The third-order valence-corrected chi connectivity index (χ3v) is 6.34. The zero-order chi connectivity index (χ0) is 24.3. The summed E-state index contributed by atoms with van der Waals surface area (Å²) in [6, 6.07) is 18.6. The number of methoxy groups -OCH3 is 2. The van der Waals surface area contributed by atoms with Crippen molar-refractivity contribution in [2.75, 3.05) is 24.3 Å². The maximum absolute atomic E-state index is 13.0. The van der Waals surface area contributed by atoms with Crippen LogP contribution in [0.5, 0.6) is 11.5 Å². The maximum atomic E-state index is 13.0. The van der Waals surface area contributed by atoms with Gasteiger partial charge in [-0.15, -0.1) is 0 Å². The van der Waals surface area contributed by atoms with Crippen molar-refractivity contribution in [3.63, 3.8) is 0 Å². The first-order chi connectivity index (χ1) is 16.3. The fourth-order valence-electron chi connectivity index (χ4n) is 3.25. The summed E-state index contributed by atoms with van der Waals surface area (Å²) >= 11 is 0. The van der Waals surface area contributed by atoms with Crippen molar-refractivity contribution in [3.8, 4) is 11.5 Å². The zero-order valence-corrected chi connectivity index (χ0v) is 19.0. The molecular formula is C24H20N2O7S. The van der Waals surface area contributed by atoms with Gasteiger partial charge in [0.25, 0.3) is 15.9 Å². The number of carbonyl (C=O) groups excluding carboxylic acids is 1. The quantitative estimate of drug-likeness (QED) is 0.385. The van der Waals surface area contributed by atoms with Gasteiger partial charge < -0.3 is 19.2 Å². The smallest absolute Gasteiger partial charge is 0.349 e. The summed E-state index contributed by atoms with van der Waals surface area (Å²) in [4.78, 5) is 24.8. The molecule has 4 rings (SSSR count). The summed E-state index contributed by atoms with van der Waals surface area (Å²) in [6.45, 7) is 0. The van der Waals surface area contributed by atoms with Gasteiger partial charge in [0.1, 0.15) is 27.5 Å². The van der Waals surface area contributed by atoms with Crippen LogP contribution in [-0.2, 0) is 10.0 Å². The van der Waals surface area contributed by atoms with Crippen molar-refractivity contribution in [2.45, 2.75) is 4.90 Å². The van der Waals surface area contributed by atoms with Crippen LogP contribution in [0.3, 0.4) is 0 Å². The molecule has 4 aromatic rings. The molecule has 10 heteroatoms. The molecule has 0 spiro atoms. The van der Waals surface area contributed by atoms with E-state index in [1.807, 2.05) is 0 Å². The van der Waals surface area contributed by atoms with E-state index in [0.717, 1.165) is 0 Å². The molecule has 0 unspecified atom stereocenters. The van der Waals surface area contributed by atoms with Crippen LogP contribution in [0, 0.1) is 0 Å². The minimum atomic E-state index is -4.08. The van der Waals surface area contributed by atoms with Crippen LogP contribution in [0.1, 0.15) is 10.4 Å². The van der Waals surface area contributed by atoms with E-state index in [4.69, 9.17) is 13.9 Å². The van der Waals surface area contributed by atoms with Gasteiger partial charge in [0.15, 0.2) is 0 Å². The highest BCUT2D eigenvalue weighted by atomic mass is 32.2. The average molecular weight is 480 g/mol. The number of anilines is 2. The van der Waals surface area contributed by atoms with E-state index in [1.165, 1.54) is 38.5 Å². The molecular weight excluding hydrogens is 460 g/mol. The molecule has 0 bridgehead atoms. The fourth-order valence-corrected chi connectivity index (χ4v) is 4.51. The molecule has 0 aliphatic rings. The number of amides is 1. The summed E-state index contributed by atoms with van der Waals surface area (Å²) in [5, 5.41) is 3.12. The van der Waals surface area contributed by atoms with Crippen molar-refractivity contribution in [2.24, 2.45) is 0 Å². The number of sulfonamides is 1. The Labute approximate surface area is 195 Å². The minimum absolute atomic E-state index is 0.0734. The Kier molecular flexibility index (Phi) is 6.24. The summed E-state index contributed by atoms with van der Waals surface area (Å²) in [5.74, 6) is -0.0937. The highest BCUT2D eigenvalue weighted by molar-refractivity contribution is 7.92. The Morgan fingerprint density at radius 1 is 0.882 bits per heavy atom. The Bertz CT molecular complexity index is 1530. The van der Waals surface area contributed by atoms with Crippen molar-refractivity contribution >= 4 is 38.3 Å². The molecule has 0 saturated carbocycles.